The van der Waals surface area contributed by atoms with Crippen molar-refractivity contribution in [3.63, 3.8) is 0 Å². The monoisotopic (exact) mass is 346 g/mol. The Morgan fingerprint density at radius 3 is 2.76 bits per heavy atom. The summed E-state index contributed by atoms with van der Waals surface area (Å²) in [6.07, 6.45) is 8.18. The lowest BCUT2D eigenvalue weighted by atomic mass is 9.44. The first-order valence-corrected chi connectivity index (χ1v) is 9.88. The van der Waals surface area contributed by atoms with E-state index in [9.17, 15) is 19.8 Å². The van der Waals surface area contributed by atoms with Crippen molar-refractivity contribution in [2.24, 2.45) is 34.5 Å². The summed E-state index contributed by atoms with van der Waals surface area (Å²) >= 11 is 0. The minimum Gasteiger partial charge on any atom is -0.481 e. The van der Waals surface area contributed by atoms with Crippen molar-refractivity contribution < 1.29 is 19.8 Å². The SMILES string of the molecule is C[C@]12CC[C@@H](O)C[C@@H]1CC[C@H]1[C@H]2C(=O)C[C@]2(C)C(CC(=O)O)=CC[C@@H]12. The van der Waals surface area contributed by atoms with E-state index in [4.69, 9.17) is 0 Å². The third-order valence-electron chi connectivity index (χ3n) is 8.41. The number of hydrogen-bond donors (Lipinski definition) is 2. The van der Waals surface area contributed by atoms with Crippen LogP contribution in [0.15, 0.2) is 11.6 Å². The standard InChI is InChI=1S/C21H30O4/c1-20-8-7-14(22)9-12(20)3-5-15-16-6-4-13(10-18(24)25)21(16,2)11-17(23)19(15)20/h4,12,14-16,19,22H,3,5-11H2,1-2H3,(H,24,25)/t12-,14+,15+,16-,19-,20-,21+/m0/s1. The van der Waals surface area contributed by atoms with Crippen LogP contribution in [0.5, 0.6) is 0 Å². The molecule has 138 valence electrons. The van der Waals surface area contributed by atoms with Gasteiger partial charge in [0.25, 0.3) is 0 Å². The number of Topliss-reactive ketones (excluding diaryl/α,β-unsaturated/α-hetero) is 1. The van der Waals surface area contributed by atoms with Crippen LogP contribution in [0.3, 0.4) is 0 Å². The third-order valence-corrected chi connectivity index (χ3v) is 8.41. The van der Waals surface area contributed by atoms with E-state index in [0.29, 0.717) is 30.0 Å². The van der Waals surface area contributed by atoms with Gasteiger partial charge in [-0.1, -0.05) is 25.5 Å². The predicted octanol–water partition coefficient (Wildman–Crippen LogP) is 3.58. The van der Waals surface area contributed by atoms with Gasteiger partial charge < -0.3 is 10.2 Å². The number of carbonyl (C=O) groups excluding carboxylic acids is 1. The van der Waals surface area contributed by atoms with E-state index in [-0.39, 0.29) is 29.3 Å². The van der Waals surface area contributed by atoms with E-state index in [1.807, 2.05) is 0 Å². The van der Waals surface area contributed by atoms with Gasteiger partial charge in [-0.15, -0.1) is 0 Å². The number of aliphatic carboxylic acids is 1. The topological polar surface area (TPSA) is 74.6 Å². The molecule has 0 saturated heterocycles. The Bertz CT molecular complexity index is 638. The number of aliphatic hydroxyl groups is 1. The Kier molecular flexibility index (Phi) is 3.91. The molecule has 0 aliphatic heterocycles. The summed E-state index contributed by atoms with van der Waals surface area (Å²) in [6.45, 7) is 4.42. The number of fused-ring (bicyclic) bond motifs is 5. The number of carboxylic acids is 1. The van der Waals surface area contributed by atoms with Gasteiger partial charge in [0, 0.05) is 12.3 Å². The van der Waals surface area contributed by atoms with Gasteiger partial charge in [0.05, 0.1) is 12.5 Å². The third kappa shape index (κ3) is 2.43. The van der Waals surface area contributed by atoms with E-state index >= 15 is 0 Å². The van der Waals surface area contributed by atoms with Crippen molar-refractivity contribution in [2.75, 3.05) is 0 Å². The van der Waals surface area contributed by atoms with Crippen LogP contribution in [0.4, 0.5) is 0 Å². The van der Waals surface area contributed by atoms with Gasteiger partial charge in [0.1, 0.15) is 5.78 Å². The lowest BCUT2D eigenvalue weighted by Gasteiger charge is -2.59. The van der Waals surface area contributed by atoms with E-state index in [0.717, 1.165) is 44.1 Å². The number of rotatable bonds is 2. The first kappa shape index (κ1) is 17.3. The first-order chi connectivity index (χ1) is 11.8. The highest BCUT2D eigenvalue weighted by Crippen LogP contribution is 2.65. The van der Waals surface area contributed by atoms with Gasteiger partial charge in [0.15, 0.2) is 0 Å². The summed E-state index contributed by atoms with van der Waals surface area (Å²) < 4.78 is 0. The fourth-order valence-electron chi connectivity index (χ4n) is 7.15. The van der Waals surface area contributed by atoms with Crippen LogP contribution in [-0.2, 0) is 9.59 Å². The van der Waals surface area contributed by atoms with Gasteiger partial charge in [0.2, 0.25) is 0 Å². The second-order valence-corrected chi connectivity index (χ2v) is 9.55. The minimum absolute atomic E-state index is 0.0239. The number of hydrogen-bond acceptors (Lipinski definition) is 3. The predicted molar refractivity (Wildman–Crippen MR) is 93.8 cm³/mol. The minimum atomic E-state index is -0.792. The molecule has 0 amide bonds. The lowest BCUT2D eigenvalue weighted by molar-refractivity contribution is -0.158. The van der Waals surface area contributed by atoms with E-state index in [1.54, 1.807) is 0 Å². The Hall–Kier alpha value is -1.16. The fraction of sp³-hybridized carbons (Fsp3) is 0.810. The van der Waals surface area contributed by atoms with Crippen molar-refractivity contribution in [1.82, 2.24) is 0 Å². The number of carboxylic acid groups (broad SMARTS) is 1. The highest BCUT2D eigenvalue weighted by molar-refractivity contribution is 5.85. The Morgan fingerprint density at radius 2 is 2.04 bits per heavy atom. The maximum atomic E-state index is 13.3. The van der Waals surface area contributed by atoms with Gasteiger partial charge >= 0.3 is 5.97 Å². The number of aliphatic hydroxyl groups excluding tert-OH is 1. The van der Waals surface area contributed by atoms with Crippen molar-refractivity contribution >= 4 is 11.8 Å². The molecule has 4 heteroatoms. The quantitative estimate of drug-likeness (QED) is 0.750. The first-order valence-electron chi connectivity index (χ1n) is 9.88. The van der Waals surface area contributed by atoms with Crippen molar-refractivity contribution in [3.05, 3.63) is 11.6 Å². The molecule has 4 aliphatic carbocycles. The zero-order chi connectivity index (χ0) is 18.0. The molecule has 7 atom stereocenters. The molecule has 3 saturated carbocycles. The molecule has 4 rings (SSSR count). The molecule has 0 aromatic rings. The van der Waals surface area contributed by atoms with E-state index in [2.05, 4.69) is 19.9 Å². The summed E-state index contributed by atoms with van der Waals surface area (Å²) in [6, 6.07) is 0. The van der Waals surface area contributed by atoms with Crippen LogP contribution >= 0.6 is 0 Å². The zero-order valence-corrected chi connectivity index (χ0v) is 15.3. The van der Waals surface area contributed by atoms with Crippen LogP contribution in [0, 0.1) is 34.5 Å². The van der Waals surface area contributed by atoms with Gasteiger partial charge in [-0.05, 0) is 67.1 Å². The van der Waals surface area contributed by atoms with Crippen LogP contribution in [0.25, 0.3) is 0 Å². The molecule has 4 nitrogen and oxygen atoms in total. The smallest absolute Gasteiger partial charge is 0.307 e. The second-order valence-electron chi connectivity index (χ2n) is 9.55. The van der Waals surface area contributed by atoms with E-state index < -0.39 is 5.97 Å². The van der Waals surface area contributed by atoms with Crippen LogP contribution in [0.2, 0.25) is 0 Å². The molecule has 2 N–H and O–H groups in total. The maximum Gasteiger partial charge on any atom is 0.307 e. The molecule has 4 aliphatic rings. The van der Waals surface area contributed by atoms with Gasteiger partial charge in [-0.2, -0.15) is 0 Å². The van der Waals surface area contributed by atoms with Crippen molar-refractivity contribution in [2.45, 2.75) is 71.3 Å². The molecular formula is C21H30O4. The lowest BCUT2D eigenvalue weighted by Crippen LogP contribution is -2.57. The average Bonchev–Trinajstić information content (AvgIpc) is 2.83. The molecule has 0 aromatic heterocycles. The summed E-state index contributed by atoms with van der Waals surface area (Å²) in [5, 5.41) is 19.3. The molecule has 0 spiro atoms. The summed E-state index contributed by atoms with van der Waals surface area (Å²) in [4.78, 5) is 24.6. The average molecular weight is 346 g/mol. The molecule has 3 fully saturated rings. The number of carbonyl (C=O) groups is 2. The largest absolute Gasteiger partial charge is 0.481 e. The molecular weight excluding hydrogens is 316 g/mol. The number of allylic oxidation sites excluding steroid dienone is 1. The molecule has 0 heterocycles. The Morgan fingerprint density at radius 1 is 1.28 bits per heavy atom. The highest BCUT2D eigenvalue weighted by Gasteiger charge is 2.61. The highest BCUT2D eigenvalue weighted by atomic mass is 16.4. The van der Waals surface area contributed by atoms with E-state index in [1.165, 1.54) is 0 Å². The summed E-state index contributed by atoms with van der Waals surface area (Å²) in [5.41, 5.74) is 0.743. The fourth-order valence-corrected chi connectivity index (χ4v) is 7.15. The number of ketones is 1. The maximum absolute atomic E-state index is 13.3. The Labute approximate surface area is 149 Å². The van der Waals surface area contributed by atoms with Crippen LogP contribution in [-0.4, -0.2) is 28.1 Å². The van der Waals surface area contributed by atoms with Gasteiger partial charge in [-0.25, -0.2) is 0 Å². The molecule has 0 bridgehead atoms. The van der Waals surface area contributed by atoms with Crippen molar-refractivity contribution in [3.8, 4) is 0 Å². The second kappa shape index (κ2) is 5.67. The van der Waals surface area contributed by atoms with Crippen LogP contribution in [0.1, 0.15) is 65.2 Å². The van der Waals surface area contributed by atoms with Crippen LogP contribution < -0.4 is 0 Å². The summed E-state index contributed by atoms with van der Waals surface area (Å²) in [5.74, 6) is 0.915. The molecule has 0 aromatic carbocycles. The molecule has 25 heavy (non-hydrogen) atoms. The summed E-state index contributed by atoms with van der Waals surface area (Å²) in [7, 11) is 0. The Balaban J connectivity index is 1.65. The molecule has 0 radical (unpaired) electrons. The van der Waals surface area contributed by atoms with Crippen molar-refractivity contribution in [1.29, 1.82) is 0 Å². The van der Waals surface area contributed by atoms with Gasteiger partial charge in [-0.3, -0.25) is 9.59 Å². The molecule has 0 unspecified atom stereocenters. The normalized spacial score (nSPS) is 49.0. The zero-order valence-electron chi connectivity index (χ0n) is 15.3.